The molecule has 8 heteroatoms. The van der Waals surface area contributed by atoms with Gasteiger partial charge in [-0.25, -0.2) is 9.37 Å². The van der Waals surface area contributed by atoms with Crippen molar-refractivity contribution in [3.05, 3.63) is 60.2 Å². The number of nitrogens with zero attached hydrogens (tertiary/aromatic N) is 6. The van der Waals surface area contributed by atoms with Crippen LogP contribution in [0.4, 0.5) is 4.39 Å². The van der Waals surface area contributed by atoms with E-state index in [1.54, 1.807) is 10.6 Å². The predicted octanol–water partition coefficient (Wildman–Crippen LogP) is 3.62. The molecule has 122 valence electrons. The van der Waals surface area contributed by atoms with Crippen molar-refractivity contribution in [2.75, 3.05) is 0 Å². The van der Waals surface area contributed by atoms with Gasteiger partial charge in [-0.1, -0.05) is 29.5 Å². The number of rotatable bonds is 2. The topological polar surface area (TPSA) is 60.4 Å². The van der Waals surface area contributed by atoms with Crippen molar-refractivity contribution in [3.8, 4) is 22.1 Å². The van der Waals surface area contributed by atoms with Crippen molar-refractivity contribution in [2.45, 2.75) is 6.92 Å². The van der Waals surface area contributed by atoms with E-state index in [1.165, 1.54) is 23.5 Å². The van der Waals surface area contributed by atoms with Crippen LogP contribution in [0.15, 0.2) is 48.7 Å². The maximum Gasteiger partial charge on any atom is 0.235 e. The molecule has 0 aliphatic carbocycles. The lowest BCUT2D eigenvalue weighted by Crippen LogP contribution is -1.96. The number of hydrogen-bond acceptors (Lipinski definition) is 5. The highest BCUT2D eigenvalue weighted by atomic mass is 32.1. The molecule has 0 N–H and O–H groups in total. The van der Waals surface area contributed by atoms with Gasteiger partial charge in [0, 0.05) is 11.8 Å². The third-order valence-corrected chi connectivity index (χ3v) is 4.93. The number of hydrogen-bond donors (Lipinski definition) is 0. The van der Waals surface area contributed by atoms with Crippen LogP contribution in [0.2, 0.25) is 0 Å². The quantitative estimate of drug-likeness (QED) is 0.488. The first-order chi connectivity index (χ1) is 12.2. The minimum Gasteiger partial charge on any atom is -0.297 e. The second kappa shape index (κ2) is 5.18. The Hall–Kier alpha value is -3.13. The molecule has 4 heterocycles. The lowest BCUT2D eigenvalue weighted by atomic mass is 10.2. The fraction of sp³-hybridized carbons (Fsp3) is 0.0588. The summed E-state index contributed by atoms with van der Waals surface area (Å²) in [6.45, 7) is 1.93. The Bertz CT molecular complexity index is 1230. The largest absolute Gasteiger partial charge is 0.297 e. The number of imidazole rings is 1. The molecule has 0 amide bonds. The average Bonchev–Trinajstić information content (AvgIpc) is 3.26. The lowest BCUT2D eigenvalue weighted by Gasteiger charge is -1.99. The molecule has 0 atom stereocenters. The number of pyridine rings is 1. The number of benzene rings is 1. The van der Waals surface area contributed by atoms with E-state index in [4.69, 9.17) is 0 Å². The number of aryl methyl sites for hydroxylation is 1. The minimum absolute atomic E-state index is 0.290. The third-order valence-electron chi connectivity index (χ3n) is 3.98. The first-order valence-corrected chi connectivity index (χ1v) is 8.44. The summed E-state index contributed by atoms with van der Waals surface area (Å²) in [5.41, 5.74) is 3.25. The van der Waals surface area contributed by atoms with Crippen LogP contribution in [0.25, 0.3) is 32.7 Å². The zero-order chi connectivity index (χ0) is 17.0. The van der Waals surface area contributed by atoms with Gasteiger partial charge in [0.25, 0.3) is 0 Å². The molecule has 0 fully saturated rings. The van der Waals surface area contributed by atoms with Crippen molar-refractivity contribution >= 4 is 21.9 Å². The van der Waals surface area contributed by atoms with E-state index in [-0.39, 0.29) is 5.82 Å². The molecule has 6 nitrogen and oxygen atoms in total. The first-order valence-electron chi connectivity index (χ1n) is 7.63. The second-order valence-electron chi connectivity index (χ2n) is 5.61. The van der Waals surface area contributed by atoms with E-state index in [0.717, 1.165) is 22.6 Å². The molecule has 5 aromatic rings. The van der Waals surface area contributed by atoms with Gasteiger partial charge in [0.1, 0.15) is 22.2 Å². The Labute approximate surface area is 145 Å². The maximum atomic E-state index is 13.5. The Balaban J connectivity index is 1.73. The van der Waals surface area contributed by atoms with Gasteiger partial charge in [-0.05, 0) is 31.2 Å². The lowest BCUT2D eigenvalue weighted by molar-refractivity contribution is 0.628. The highest BCUT2D eigenvalue weighted by Gasteiger charge is 2.20. The maximum absolute atomic E-state index is 13.5. The van der Waals surface area contributed by atoms with Gasteiger partial charge < -0.3 is 0 Å². The minimum atomic E-state index is -0.290. The van der Waals surface area contributed by atoms with Crippen molar-refractivity contribution in [1.82, 2.24) is 29.2 Å². The Morgan fingerprint density at radius 2 is 2.00 bits per heavy atom. The standard InChI is InChI=1S/C17H11FN6S/c1-10-14(23-8-3-2-7-13(23)19-10)15-20-21-17-24(15)22-16(25-17)11-5-4-6-12(18)9-11/h2-9H,1H3. The monoisotopic (exact) mass is 350 g/mol. The molecule has 4 aromatic heterocycles. The van der Waals surface area contributed by atoms with Crippen LogP contribution < -0.4 is 0 Å². The molecule has 1 aromatic carbocycles. The third kappa shape index (κ3) is 2.14. The zero-order valence-electron chi connectivity index (χ0n) is 13.1. The van der Waals surface area contributed by atoms with Gasteiger partial charge in [-0.2, -0.15) is 9.61 Å². The van der Waals surface area contributed by atoms with E-state index in [0.29, 0.717) is 15.8 Å². The van der Waals surface area contributed by atoms with Crippen molar-refractivity contribution in [2.24, 2.45) is 0 Å². The molecule has 0 aliphatic heterocycles. The van der Waals surface area contributed by atoms with E-state index in [1.807, 2.05) is 41.8 Å². The van der Waals surface area contributed by atoms with Crippen molar-refractivity contribution in [3.63, 3.8) is 0 Å². The van der Waals surface area contributed by atoms with Crippen LogP contribution in [0.5, 0.6) is 0 Å². The summed E-state index contributed by atoms with van der Waals surface area (Å²) in [5.74, 6) is 0.325. The van der Waals surface area contributed by atoms with Gasteiger partial charge in [0.15, 0.2) is 0 Å². The predicted molar refractivity (Wildman–Crippen MR) is 93.0 cm³/mol. The molecule has 0 bridgehead atoms. The summed E-state index contributed by atoms with van der Waals surface area (Å²) in [6, 6.07) is 12.2. The molecule has 5 rings (SSSR count). The molecule has 0 unspecified atom stereocenters. The molecule has 0 saturated heterocycles. The summed E-state index contributed by atoms with van der Waals surface area (Å²) in [7, 11) is 0. The number of fused-ring (bicyclic) bond motifs is 2. The smallest absolute Gasteiger partial charge is 0.235 e. The summed E-state index contributed by atoms with van der Waals surface area (Å²) in [5, 5.41) is 13.8. The average molecular weight is 350 g/mol. The first kappa shape index (κ1) is 14.2. The molecule has 0 radical (unpaired) electrons. The van der Waals surface area contributed by atoms with E-state index < -0.39 is 0 Å². The molecule has 0 aliphatic rings. The highest BCUT2D eigenvalue weighted by Crippen LogP contribution is 2.29. The van der Waals surface area contributed by atoms with Crippen LogP contribution in [-0.2, 0) is 0 Å². The molecule has 25 heavy (non-hydrogen) atoms. The summed E-state index contributed by atoms with van der Waals surface area (Å²) in [4.78, 5) is 5.21. The van der Waals surface area contributed by atoms with Crippen LogP contribution in [0.1, 0.15) is 5.69 Å². The van der Waals surface area contributed by atoms with E-state index in [2.05, 4.69) is 20.3 Å². The highest BCUT2D eigenvalue weighted by molar-refractivity contribution is 7.19. The van der Waals surface area contributed by atoms with Crippen molar-refractivity contribution < 1.29 is 4.39 Å². The van der Waals surface area contributed by atoms with Gasteiger partial charge in [-0.3, -0.25) is 4.40 Å². The molecular weight excluding hydrogens is 339 g/mol. The van der Waals surface area contributed by atoms with Crippen molar-refractivity contribution in [1.29, 1.82) is 0 Å². The zero-order valence-corrected chi connectivity index (χ0v) is 13.9. The molecular formula is C17H11FN6S. The second-order valence-corrected chi connectivity index (χ2v) is 6.57. The number of aromatic nitrogens is 6. The fourth-order valence-corrected chi connectivity index (χ4v) is 3.72. The Morgan fingerprint density at radius 3 is 2.88 bits per heavy atom. The Morgan fingerprint density at radius 1 is 1.08 bits per heavy atom. The Kier molecular flexibility index (Phi) is 2.95. The van der Waals surface area contributed by atoms with E-state index >= 15 is 0 Å². The van der Waals surface area contributed by atoms with Gasteiger partial charge in [0.05, 0.1) is 5.69 Å². The van der Waals surface area contributed by atoms with Gasteiger partial charge >= 0.3 is 0 Å². The van der Waals surface area contributed by atoms with Crippen LogP contribution in [0, 0.1) is 12.7 Å². The van der Waals surface area contributed by atoms with E-state index in [9.17, 15) is 4.39 Å². The summed E-state index contributed by atoms with van der Waals surface area (Å²) in [6.07, 6.45) is 1.94. The SMILES string of the molecule is Cc1nc2ccccn2c1-c1nnc2sc(-c3cccc(F)c3)nn12. The fourth-order valence-electron chi connectivity index (χ4n) is 2.89. The van der Waals surface area contributed by atoms with Crippen LogP contribution >= 0.6 is 11.3 Å². The van der Waals surface area contributed by atoms with Crippen LogP contribution in [-0.4, -0.2) is 29.2 Å². The molecule has 0 spiro atoms. The normalized spacial score (nSPS) is 11.6. The van der Waals surface area contributed by atoms with Gasteiger partial charge in [0.2, 0.25) is 10.8 Å². The van der Waals surface area contributed by atoms with Gasteiger partial charge in [-0.15, -0.1) is 10.2 Å². The number of halogens is 1. The summed E-state index contributed by atoms with van der Waals surface area (Å²) >= 11 is 1.37. The summed E-state index contributed by atoms with van der Waals surface area (Å²) < 4.78 is 17.1. The van der Waals surface area contributed by atoms with Crippen LogP contribution in [0.3, 0.4) is 0 Å². The molecule has 0 saturated carbocycles.